The first-order valence-corrected chi connectivity index (χ1v) is 2.62. The van der Waals surface area contributed by atoms with Gasteiger partial charge in [-0.05, 0) is 12.4 Å². The molecule has 1 rings (SSSR count). The van der Waals surface area contributed by atoms with Crippen LogP contribution in [0.4, 0.5) is 0 Å². The van der Waals surface area contributed by atoms with Crippen molar-refractivity contribution < 1.29 is 18.9 Å². The third-order valence-electron chi connectivity index (χ3n) is 0.946. The minimum atomic E-state index is 0. The topological polar surface area (TPSA) is 25.2 Å². The Kier molecular flexibility index (Phi) is 4.74. The maximum Gasteiger partial charge on any atom is 1.00 e. The number of hydrogen-bond acceptors (Lipinski definition) is 2. The van der Waals surface area contributed by atoms with Crippen LogP contribution in [0.2, 0.25) is 0 Å². The van der Waals surface area contributed by atoms with Gasteiger partial charge in [0.05, 0.1) is 0 Å². The van der Waals surface area contributed by atoms with Crippen LogP contribution in [0.5, 0.6) is 0 Å². The number of aromatic nitrogens is 1. The molecule has 2 nitrogen and oxygen atoms in total. The predicted molar refractivity (Wildman–Crippen MR) is 37.2 cm³/mol. The van der Waals surface area contributed by atoms with Gasteiger partial charge < -0.3 is 4.99 Å². The zero-order chi connectivity index (χ0) is 6.53. The smallest absolute Gasteiger partial charge is 0.367 e. The van der Waals surface area contributed by atoms with Crippen LogP contribution in [0.15, 0.2) is 29.5 Å². The van der Waals surface area contributed by atoms with E-state index in [1.807, 2.05) is 12.1 Å². The van der Waals surface area contributed by atoms with Crippen molar-refractivity contribution in [1.82, 2.24) is 4.98 Å². The van der Waals surface area contributed by atoms with Crippen LogP contribution in [-0.4, -0.2) is 11.7 Å². The molecule has 0 amide bonds. The zero-order valence-electron chi connectivity index (χ0n) is 5.99. The summed E-state index contributed by atoms with van der Waals surface area (Å²) in [7, 11) is 0. The van der Waals surface area contributed by atoms with Crippen LogP contribution in [0, 0.1) is 6.54 Å². The number of aliphatic imine (C=N–C) groups is 1. The fraction of sp³-hybridized carbons (Fsp3) is 0. The van der Waals surface area contributed by atoms with Gasteiger partial charge in [0.1, 0.15) is 0 Å². The second-order valence-electron chi connectivity index (χ2n) is 1.59. The molecule has 0 unspecified atom stereocenters. The molecule has 10 heavy (non-hydrogen) atoms. The van der Waals surface area contributed by atoms with Gasteiger partial charge in [-0.25, -0.2) is 0 Å². The first-order valence-electron chi connectivity index (χ1n) is 2.62. The molecule has 1 aromatic heterocycles. The van der Waals surface area contributed by atoms with Crippen molar-refractivity contribution in [3.05, 3.63) is 36.6 Å². The Morgan fingerprint density at radius 1 is 1.40 bits per heavy atom. The molecule has 0 radical (unpaired) electrons. The normalized spacial score (nSPS) is 7.60. The Morgan fingerprint density at radius 3 is 2.50 bits per heavy atom. The summed E-state index contributed by atoms with van der Waals surface area (Å²) in [6.45, 7) is 5.01. The van der Waals surface area contributed by atoms with E-state index in [0.717, 1.165) is 5.56 Å². The van der Waals surface area contributed by atoms with Crippen molar-refractivity contribution in [2.45, 2.75) is 0 Å². The zero-order valence-corrected chi connectivity index (χ0v) is 5.99. The summed E-state index contributed by atoms with van der Waals surface area (Å²) >= 11 is 0. The monoisotopic (exact) mass is 126 g/mol. The largest absolute Gasteiger partial charge is 1.00 e. The maximum absolute atomic E-state index is 3.85. The van der Waals surface area contributed by atoms with Crippen LogP contribution in [0.25, 0.3) is 0 Å². The van der Waals surface area contributed by atoms with Gasteiger partial charge >= 0.3 is 18.9 Å². The van der Waals surface area contributed by atoms with Crippen molar-refractivity contribution in [3.8, 4) is 0 Å². The van der Waals surface area contributed by atoms with Crippen LogP contribution in [0.1, 0.15) is 5.56 Å². The molecule has 0 aliphatic carbocycles. The third kappa shape index (κ3) is 2.72. The molecular weight excluding hydrogens is 119 g/mol. The molecule has 1 aromatic rings. The average molecular weight is 126 g/mol. The fourth-order valence-corrected chi connectivity index (χ4v) is 0.555. The molecule has 46 valence electrons. The number of pyridine rings is 1. The van der Waals surface area contributed by atoms with Crippen LogP contribution in [-0.2, 0) is 0 Å². The molecule has 0 N–H and O–H groups in total. The minimum Gasteiger partial charge on any atom is -0.367 e. The molecule has 3 heteroatoms. The Balaban J connectivity index is 0.000000810. The van der Waals surface area contributed by atoms with Crippen molar-refractivity contribution in [1.29, 1.82) is 0 Å². The molecule has 0 saturated heterocycles. The van der Waals surface area contributed by atoms with Gasteiger partial charge in [0.25, 0.3) is 0 Å². The van der Waals surface area contributed by atoms with E-state index in [1.54, 1.807) is 18.9 Å². The van der Waals surface area contributed by atoms with Crippen LogP contribution < -0.4 is 18.9 Å². The summed E-state index contributed by atoms with van der Waals surface area (Å²) < 4.78 is 0. The Hall–Kier alpha value is -0.713. The van der Waals surface area contributed by atoms with E-state index in [1.165, 1.54) is 0 Å². The third-order valence-corrected chi connectivity index (χ3v) is 0.946. The summed E-state index contributed by atoms with van der Waals surface area (Å²) in [5.41, 5.74) is 1.03. The quantitative estimate of drug-likeness (QED) is 0.263. The first-order chi connectivity index (χ1) is 4.43. The summed E-state index contributed by atoms with van der Waals surface area (Å²) in [6.07, 6.45) is 3.44. The Labute approximate surface area is 72.6 Å². The van der Waals surface area contributed by atoms with Gasteiger partial charge in [-0.2, -0.15) is 0 Å². The summed E-state index contributed by atoms with van der Waals surface area (Å²) in [5, 5.41) is 0. The summed E-state index contributed by atoms with van der Waals surface area (Å²) in [6, 6.07) is 3.74. The molecule has 1 heterocycles. The van der Waals surface area contributed by atoms with Crippen LogP contribution >= 0.6 is 0 Å². The standard InChI is InChI=1S/C7H7N2.Li/c1-8-6-7-2-4-9-5-3-7;/h2-6H,1H2;/q-1;+1. The Bertz CT molecular complexity index is 186. The molecular formula is C7H7LiN2. The molecule has 0 spiro atoms. The van der Waals surface area contributed by atoms with Crippen LogP contribution in [0.3, 0.4) is 0 Å². The Morgan fingerprint density at radius 2 is 2.00 bits per heavy atom. The number of rotatable bonds is 2. The van der Waals surface area contributed by atoms with Gasteiger partial charge in [-0.3, -0.25) is 4.98 Å². The average Bonchev–Trinajstić information content (AvgIpc) is 1.91. The molecule has 0 fully saturated rings. The van der Waals surface area contributed by atoms with E-state index in [9.17, 15) is 0 Å². The van der Waals surface area contributed by atoms with E-state index in [0.29, 0.717) is 0 Å². The van der Waals surface area contributed by atoms with Crippen molar-refractivity contribution >= 4 is 6.72 Å². The van der Waals surface area contributed by atoms with Gasteiger partial charge in [-0.1, -0.05) is 13.3 Å². The van der Waals surface area contributed by atoms with E-state index in [-0.39, 0.29) is 18.9 Å². The molecule has 0 aliphatic heterocycles. The minimum absolute atomic E-state index is 0. The molecule has 0 aromatic carbocycles. The van der Waals surface area contributed by atoms with Gasteiger partial charge in [0, 0.05) is 0 Å². The number of nitrogens with zero attached hydrogens (tertiary/aromatic N) is 2. The van der Waals surface area contributed by atoms with E-state index in [2.05, 4.69) is 16.7 Å². The summed E-state index contributed by atoms with van der Waals surface area (Å²) in [4.78, 5) is 7.45. The van der Waals surface area contributed by atoms with Gasteiger partial charge in [0.15, 0.2) is 0 Å². The fourth-order valence-electron chi connectivity index (χ4n) is 0.555. The second-order valence-corrected chi connectivity index (χ2v) is 1.59. The van der Waals surface area contributed by atoms with Crippen molar-refractivity contribution in [2.75, 3.05) is 0 Å². The maximum atomic E-state index is 3.85. The van der Waals surface area contributed by atoms with E-state index < -0.39 is 0 Å². The summed E-state index contributed by atoms with van der Waals surface area (Å²) in [5.74, 6) is 0. The predicted octanol–water partition coefficient (Wildman–Crippen LogP) is -1.70. The van der Waals surface area contributed by atoms with Gasteiger partial charge in [-0.15, -0.1) is 17.7 Å². The SMILES string of the molecule is C=N[CH-]c1ccncc1.[Li+]. The van der Waals surface area contributed by atoms with E-state index in [4.69, 9.17) is 0 Å². The molecule has 0 atom stereocenters. The molecule has 0 saturated carbocycles. The number of hydrogen-bond donors (Lipinski definition) is 0. The van der Waals surface area contributed by atoms with Gasteiger partial charge in [0.2, 0.25) is 0 Å². The van der Waals surface area contributed by atoms with Crippen molar-refractivity contribution in [2.24, 2.45) is 4.99 Å². The molecule has 0 bridgehead atoms. The first kappa shape index (κ1) is 9.29. The molecule has 0 aliphatic rings. The van der Waals surface area contributed by atoms with E-state index >= 15 is 0 Å². The van der Waals surface area contributed by atoms with Crippen molar-refractivity contribution in [3.63, 3.8) is 0 Å². The second kappa shape index (κ2) is 5.10.